The van der Waals surface area contributed by atoms with Crippen molar-refractivity contribution in [3.8, 4) is 0 Å². The van der Waals surface area contributed by atoms with Crippen molar-refractivity contribution in [1.29, 1.82) is 0 Å². The Morgan fingerprint density at radius 3 is 2.32 bits per heavy atom. The molecule has 25 heavy (non-hydrogen) atoms. The number of aromatic nitrogens is 2. The van der Waals surface area contributed by atoms with Gasteiger partial charge in [-0.15, -0.1) is 0 Å². The summed E-state index contributed by atoms with van der Waals surface area (Å²) < 4.78 is 1.91. The Morgan fingerprint density at radius 2 is 1.76 bits per heavy atom. The normalized spacial score (nSPS) is 25.4. The molecule has 0 spiro atoms. The van der Waals surface area contributed by atoms with Crippen LogP contribution in [0.2, 0.25) is 0 Å². The zero-order valence-corrected chi connectivity index (χ0v) is 15.4. The number of rotatable bonds is 3. The van der Waals surface area contributed by atoms with Crippen LogP contribution < -0.4 is 0 Å². The molecule has 2 aliphatic heterocycles. The summed E-state index contributed by atoms with van der Waals surface area (Å²) in [4.78, 5) is 15.3. The number of benzene rings is 1. The van der Waals surface area contributed by atoms with Gasteiger partial charge >= 0.3 is 0 Å². The summed E-state index contributed by atoms with van der Waals surface area (Å²) in [6, 6.07) is 9.71. The van der Waals surface area contributed by atoms with Crippen molar-refractivity contribution in [2.24, 2.45) is 0 Å². The fraction of sp³-hybridized carbons (Fsp3) is 0.524. The third-order valence-electron chi connectivity index (χ3n) is 6.15. The van der Waals surface area contributed by atoms with E-state index in [1.807, 2.05) is 11.6 Å². The number of carbonyl (C=O) groups excluding carboxylic acids is 1. The van der Waals surface area contributed by atoms with E-state index in [0.29, 0.717) is 18.0 Å². The summed E-state index contributed by atoms with van der Waals surface area (Å²) in [5.74, 6) is 0.772. The van der Waals surface area contributed by atoms with Crippen LogP contribution >= 0.6 is 0 Å². The lowest BCUT2D eigenvalue weighted by Gasteiger charge is -2.39. The number of nitrogens with zero attached hydrogens (tertiary/aromatic N) is 3. The van der Waals surface area contributed by atoms with Crippen molar-refractivity contribution < 1.29 is 4.79 Å². The molecule has 4 nitrogen and oxygen atoms in total. The monoisotopic (exact) mass is 337 g/mol. The first kappa shape index (κ1) is 16.4. The Balaban J connectivity index is 1.55. The first-order valence-corrected chi connectivity index (χ1v) is 9.50. The number of fused-ring (bicyclic) bond motifs is 2. The molecule has 2 bridgehead atoms. The van der Waals surface area contributed by atoms with Crippen LogP contribution in [0, 0.1) is 13.8 Å². The van der Waals surface area contributed by atoms with E-state index in [-0.39, 0.29) is 5.91 Å². The molecule has 0 N–H and O–H groups in total. The molecule has 132 valence electrons. The van der Waals surface area contributed by atoms with Crippen molar-refractivity contribution in [3.63, 3.8) is 0 Å². The van der Waals surface area contributed by atoms with Crippen molar-refractivity contribution in [2.75, 3.05) is 0 Å². The lowest BCUT2D eigenvalue weighted by atomic mass is 9.84. The summed E-state index contributed by atoms with van der Waals surface area (Å²) in [5, 5.41) is 4.36. The number of hydrogen-bond donors (Lipinski definition) is 0. The van der Waals surface area contributed by atoms with E-state index in [0.717, 1.165) is 43.5 Å². The van der Waals surface area contributed by atoms with Gasteiger partial charge in [0.1, 0.15) is 0 Å². The number of aryl methyl sites for hydroxylation is 2. The fourth-order valence-corrected chi connectivity index (χ4v) is 4.73. The van der Waals surface area contributed by atoms with Gasteiger partial charge < -0.3 is 4.90 Å². The van der Waals surface area contributed by atoms with Gasteiger partial charge in [-0.25, -0.2) is 0 Å². The van der Waals surface area contributed by atoms with Crippen LogP contribution in [0.3, 0.4) is 0 Å². The number of hydrogen-bond acceptors (Lipinski definition) is 2. The summed E-state index contributed by atoms with van der Waals surface area (Å²) in [5.41, 5.74) is 4.52. The largest absolute Gasteiger partial charge is 0.333 e. The molecule has 4 rings (SSSR count). The molecule has 2 saturated heterocycles. The molecule has 0 aliphatic carbocycles. The molecule has 1 aromatic carbocycles. The second-order valence-corrected chi connectivity index (χ2v) is 7.64. The molecule has 0 unspecified atom stereocenters. The standard InChI is InChI=1S/C21H27N3O/c1-4-23-15(3)20(13-22-23)21(25)24-18-9-10-19(24)12-17(11-18)16-7-5-14(2)6-8-16/h5-8,13,17-19H,4,9-12H2,1-3H3/t18-,19-/m1/s1. The lowest BCUT2D eigenvalue weighted by molar-refractivity contribution is 0.0570. The maximum atomic E-state index is 13.2. The van der Waals surface area contributed by atoms with Gasteiger partial charge in [-0.05, 0) is 57.9 Å². The van der Waals surface area contributed by atoms with Crippen LogP contribution in [0.5, 0.6) is 0 Å². The van der Waals surface area contributed by atoms with E-state index < -0.39 is 0 Å². The Hall–Kier alpha value is -2.10. The minimum Gasteiger partial charge on any atom is -0.333 e. The summed E-state index contributed by atoms with van der Waals surface area (Å²) >= 11 is 0. The Morgan fingerprint density at radius 1 is 1.12 bits per heavy atom. The maximum Gasteiger partial charge on any atom is 0.257 e. The third kappa shape index (κ3) is 2.78. The van der Waals surface area contributed by atoms with E-state index in [1.165, 1.54) is 11.1 Å². The van der Waals surface area contributed by atoms with Crippen LogP contribution in [0.15, 0.2) is 30.5 Å². The molecule has 2 aliphatic rings. The summed E-state index contributed by atoms with van der Waals surface area (Å²) in [6.07, 6.45) is 6.21. The average molecular weight is 337 g/mol. The van der Waals surface area contributed by atoms with Crippen LogP contribution in [0.25, 0.3) is 0 Å². The van der Waals surface area contributed by atoms with Gasteiger partial charge in [-0.2, -0.15) is 5.10 Å². The molecule has 1 amide bonds. The van der Waals surface area contributed by atoms with Gasteiger partial charge in [0.25, 0.3) is 5.91 Å². The molecule has 0 radical (unpaired) electrons. The number of amides is 1. The van der Waals surface area contributed by atoms with Gasteiger partial charge in [-0.3, -0.25) is 9.48 Å². The Labute approximate surface area is 149 Å². The molecule has 4 heteroatoms. The predicted molar refractivity (Wildman–Crippen MR) is 98.8 cm³/mol. The van der Waals surface area contributed by atoms with Gasteiger partial charge in [0.2, 0.25) is 0 Å². The van der Waals surface area contributed by atoms with E-state index in [1.54, 1.807) is 6.20 Å². The van der Waals surface area contributed by atoms with Crippen molar-refractivity contribution >= 4 is 5.91 Å². The molecule has 2 aromatic rings. The molecule has 3 heterocycles. The minimum absolute atomic E-state index is 0.187. The Kier molecular flexibility index (Phi) is 4.14. The summed E-state index contributed by atoms with van der Waals surface area (Å²) in [7, 11) is 0. The van der Waals surface area contributed by atoms with Crippen LogP contribution in [0.1, 0.15) is 65.7 Å². The molecule has 0 saturated carbocycles. The first-order valence-electron chi connectivity index (χ1n) is 9.50. The fourth-order valence-electron chi connectivity index (χ4n) is 4.73. The van der Waals surface area contributed by atoms with Crippen molar-refractivity contribution in [3.05, 3.63) is 52.8 Å². The molecule has 2 atom stereocenters. The molecular weight excluding hydrogens is 310 g/mol. The maximum absolute atomic E-state index is 13.2. The van der Waals surface area contributed by atoms with Gasteiger partial charge in [0, 0.05) is 24.3 Å². The van der Waals surface area contributed by atoms with Crippen molar-refractivity contribution in [2.45, 2.75) is 71.0 Å². The average Bonchev–Trinajstić information content (AvgIpc) is 3.11. The number of piperidine rings is 1. The zero-order valence-electron chi connectivity index (χ0n) is 15.4. The highest BCUT2D eigenvalue weighted by Gasteiger charge is 2.44. The smallest absolute Gasteiger partial charge is 0.257 e. The van der Waals surface area contributed by atoms with Gasteiger partial charge in [0.05, 0.1) is 11.8 Å². The zero-order chi connectivity index (χ0) is 17.6. The highest BCUT2D eigenvalue weighted by atomic mass is 16.2. The lowest BCUT2D eigenvalue weighted by Crippen LogP contribution is -2.46. The Bertz CT molecular complexity index is 763. The molecule has 2 fully saturated rings. The second-order valence-electron chi connectivity index (χ2n) is 7.64. The van der Waals surface area contributed by atoms with Gasteiger partial charge in [-0.1, -0.05) is 29.8 Å². The quantitative estimate of drug-likeness (QED) is 0.847. The van der Waals surface area contributed by atoms with Gasteiger partial charge in [0.15, 0.2) is 0 Å². The van der Waals surface area contributed by atoms with E-state index >= 15 is 0 Å². The predicted octanol–water partition coefficient (Wildman–Crippen LogP) is 4.07. The van der Waals surface area contributed by atoms with Crippen molar-refractivity contribution in [1.82, 2.24) is 14.7 Å². The third-order valence-corrected chi connectivity index (χ3v) is 6.15. The SMILES string of the molecule is CCn1ncc(C(=O)N2[C@@H]3CC[C@@H]2CC(c2ccc(C)cc2)C3)c1C. The topological polar surface area (TPSA) is 38.1 Å². The van der Waals surface area contributed by atoms with Crippen LogP contribution in [-0.4, -0.2) is 32.7 Å². The minimum atomic E-state index is 0.187. The first-order chi connectivity index (χ1) is 12.1. The van der Waals surface area contributed by atoms with Crippen LogP contribution in [0.4, 0.5) is 0 Å². The van der Waals surface area contributed by atoms with E-state index in [2.05, 4.69) is 48.1 Å². The van der Waals surface area contributed by atoms with E-state index in [9.17, 15) is 4.79 Å². The molecular formula is C21H27N3O. The number of carbonyl (C=O) groups is 1. The second kappa shape index (κ2) is 6.32. The molecule has 1 aromatic heterocycles. The van der Waals surface area contributed by atoms with Crippen LogP contribution in [-0.2, 0) is 6.54 Å². The van der Waals surface area contributed by atoms with E-state index in [4.69, 9.17) is 0 Å². The highest BCUT2D eigenvalue weighted by molar-refractivity contribution is 5.95. The summed E-state index contributed by atoms with van der Waals surface area (Å²) in [6.45, 7) is 7.00. The highest BCUT2D eigenvalue weighted by Crippen LogP contribution is 2.43.